The summed E-state index contributed by atoms with van der Waals surface area (Å²) >= 11 is 0. The smallest absolute Gasteiger partial charge is 0.0445 e. The molecule has 2 aliphatic rings. The molecular formula is C32H54Ir2O4-2. The van der Waals surface area contributed by atoms with Crippen LogP contribution < -0.4 is 10.2 Å². The molecule has 2 atom stereocenters. The van der Waals surface area contributed by atoms with Gasteiger partial charge in [-0.1, -0.05) is 102 Å². The molecule has 0 saturated carbocycles. The maximum absolute atomic E-state index is 10.3. The van der Waals surface area contributed by atoms with Crippen molar-refractivity contribution in [2.45, 2.75) is 130 Å². The van der Waals surface area contributed by atoms with Gasteiger partial charge in [-0.05, 0) is 88.9 Å². The summed E-state index contributed by atoms with van der Waals surface area (Å²) in [6.07, 6.45) is 35.0. The molecule has 0 fully saturated rings. The van der Waals surface area contributed by atoms with Crippen LogP contribution in [-0.2, 0) is 49.8 Å². The van der Waals surface area contributed by atoms with Crippen molar-refractivity contribution in [1.82, 2.24) is 0 Å². The molecule has 6 heteroatoms. The van der Waals surface area contributed by atoms with Gasteiger partial charge >= 0.3 is 0 Å². The summed E-state index contributed by atoms with van der Waals surface area (Å²) in [4.78, 5) is 20.7. The second-order valence-electron chi connectivity index (χ2n) is 9.33. The molecule has 0 aromatic rings. The minimum atomic E-state index is -0.893. The zero-order valence-corrected chi connectivity index (χ0v) is 29.2. The standard InChI is InChI=1S/2C8H16O2.2C8H12.2Ir/c2*1-3-5-6-7(4-2)8(9)10;2*1-2-4-6-8-7-5-3-1;;/h2*7H,3-6H2,1-2H3,(H,9,10);2*1-2,7-8H,3-6H2;;/p-2/b;;2*2-1-,8-7-;;/t7-;;;;;/m0...../s1. The Kier molecular flexibility index (Phi) is 42.1. The number of rotatable bonds is 10. The molecule has 0 heterocycles. The van der Waals surface area contributed by atoms with E-state index in [1.807, 2.05) is 13.8 Å². The zero-order valence-electron chi connectivity index (χ0n) is 24.4. The average Bonchev–Trinajstić information content (AvgIpc) is 2.80. The van der Waals surface area contributed by atoms with Crippen molar-refractivity contribution in [3.05, 3.63) is 48.6 Å². The van der Waals surface area contributed by atoms with Crippen LogP contribution in [0.2, 0.25) is 0 Å². The van der Waals surface area contributed by atoms with Crippen LogP contribution in [0.3, 0.4) is 0 Å². The van der Waals surface area contributed by atoms with Crippen molar-refractivity contribution in [3.63, 3.8) is 0 Å². The Hall–Kier alpha value is -0.801. The van der Waals surface area contributed by atoms with E-state index in [1.165, 1.54) is 51.4 Å². The fourth-order valence-electron chi connectivity index (χ4n) is 3.59. The topological polar surface area (TPSA) is 80.3 Å². The monoisotopic (exact) mass is 888 g/mol. The zero-order chi connectivity index (χ0) is 27.3. The number of hydrogen-bond donors (Lipinski definition) is 0. The number of carbonyl (C=O) groups is 2. The summed E-state index contributed by atoms with van der Waals surface area (Å²) in [6, 6.07) is 0. The van der Waals surface area contributed by atoms with Gasteiger partial charge in [0.15, 0.2) is 0 Å². The number of carboxylic acid groups (broad SMARTS) is 2. The second kappa shape index (κ2) is 36.2. The number of unbranched alkanes of at least 4 members (excludes halogenated alkanes) is 2. The van der Waals surface area contributed by atoms with E-state index in [2.05, 4.69) is 62.5 Å². The molecule has 1 unspecified atom stereocenters. The van der Waals surface area contributed by atoms with Crippen LogP contribution in [0, 0.1) is 11.8 Å². The molecule has 4 nitrogen and oxygen atoms in total. The van der Waals surface area contributed by atoms with Crippen LogP contribution in [0.5, 0.6) is 0 Å². The predicted molar refractivity (Wildman–Crippen MR) is 150 cm³/mol. The molecular weight excluding hydrogens is 833 g/mol. The first-order valence-electron chi connectivity index (χ1n) is 14.5. The van der Waals surface area contributed by atoms with Crippen LogP contribution in [0.15, 0.2) is 48.6 Å². The van der Waals surface area contributed by atoms with Crippen molar-refractivity contribution in [1.29, 1.82) is 0 Å². The van der Waals surface area contributed by atoms with Crippen LogP contribution >= 0.6 is 0 Å². The number of carbonyl (C=O) groups excluding carboxylic acids is 2. The van der Waals surface area contributed by atoms with E-state index in [9.17, 15) is 19.8 Å². The van der Waals surface area contributed by atoms with E-state index in [-0.39, 0.29) is 52.0 Å². The van der Waals surface area contributed by atoms with Gasteiger partial charge in [-0.3, -0.25) is 0 Å². The summed E-state index contributed by atoms with van der Waals surface area (Å²) in [5.41, 5.74) is 0. The number of carboxylic acids is 2. The summed E-state index contributed by atoms with van der Waals surface area (Å²) in [7, 11) is 0. The van der Waals surface area contributed by atoms with Crippen LogP contribution in [0.25, 0.3) is 0 Å². The van der Waals surface area contributed by atoms with Gasteiger partial charge in [0.25, 0.3) is 0 Å². The average molecular weight is 887 g/mol. The van der Waals surface area contributed by atoms with Gasteiger partial charge in [-0.25, -0.2) is 0 Å². The minimum absolute atomic E-state index is 0. The molecule has 2 rings (SSSR count). The molecule has 0 amide bonds. The molecule has 0 saturated heterocycles. The molecule has 226 valence electrons. The third kappa shape index (κ3) is 33.2. The van der Waals surface area contributed by atoms with E-state index >= 15 is 0 Å². The number of allylic oxidation sites excluding steroid dienone is 8. The third-order valence-corrected chi connectivity index (χ3v) is 6.13. The Morgan fingerprint density at radius 3 is 0.868 bits per heavy atom. The predicted octanol–water partition coefficient (Wildman–Crippen LogP) is 7.25. The van der Waals surface area contributed by atoms with Crippen molar-refractivity contribution >= 4 is 11.9 Å². The van der Waals surface area contributed by atoms with Gasteiger partial charge in [0.2, 0.25) is 0 Å². The molecule has 2 aliphatic carbocycles. The Labute approximate surface area is 261 Å². The van der Waals surface area contributed by atoms with Gasteiger partial charge in [0, 0.05) is 52.1 Å². The van der Waals surface area contributed by atoms with Crippen molar-refractivity contribution in [2.75, 3.05) is 0 Å². The van der Waals surface area contributed by atoms with E-state index in [0.717, 1.165) is 38.5 Å². The van der Waals surface area contributed by atoms with Crippen molar-refractivity contribution in [2.24, 2.45) is 11.8 Å². The van der Waals surface area contributed by atoms with Gasteiger partial charge in [-0.15, -0.1) is 0 Å². The maximum Gasteiger partial charge on any atom is 0.0445 e. The van der Waals surface area contributed by atoms with E-state index in [1.54, 1.807) is 0 Å². The summed E-state index contributed by atoms with van der Waals surface area (Å²) in [6.45, 7) is 7.89. The molecule has 0 bridgehead atoms. The summed E-state index contributed by atoms with van der Waals surface area (Å²) in [5.74, 6) is -2.23. The largest absolute Gasteiger partial charge is 0.550 e. The summed E-state index contributed by atoms with van der Waals surface area (Å²) in [5, 5.41) is 20.7. The molecule has 0 spiro atoms. The fourth-order valence-corrected chi connectivity index (χ4v) is 3.59. The van der Waals surface area contributed by atoms with Crippen molar-refractivity contribution < 1.29 is 60.0 Å². The van der Waals surface area contributed by atoms with E-state index in [4.69, 9.17) is 0 Å². The van der Waals surface area contributed by atoms with Gasteiger partial charge in [-0.2, -0.15) is 0 Å². The van der Waals surface area contributed by atoms with Gasteiger partial charge in [0.1, 0.15) is 0 Å². The Bertz CT molecular complexity index is 521. The molecule has 2 radical (unpaired) electrons. The number of aliphatic carboxylic acids is 2. The first-order valence-corrected chi connectivity index (χ1v) is 14.5. The fraction of sp³-hybridized carbons (Fsp3) is 0.688. The van der Waals surface area contributed by atoms with Crippen LogP contribution in [-0.4, -0.2) is 11.9 Å². The van der Waals surface area contributed by atoms with Gasteiger partial charge in [0.05, 0.1) is 0 Å². The van der Waals surface area contributed by atoms with Crippen molar-refractivity contribution in [3.8, 4) is 0 Å². The first kappa shape index (κ1) is 44.2. The Morgan fingerprint density at radius 1 is 0.526 bits per heavy atom. The number of hydrogen-bond acceptors (Lipinski definition) is 4. The third-order valence-electron chi connectivity index (χ3n) is 6.13. The second-order valence-corrected chi connectivity index (χ2v) is 9.33. The minimum Gasteiger partial charge on any atom is -0.550 e. The Morgan fingerprint density at radius 2 is 0.737 bits per heavy atom. The summed E-state index contributed by atoms with van der Waals surface area (Å²) < 4.78 is 0. The molecule has 38 heavy (non-hydrogen) atoms. The molecule has 0 N–H and O–H groups in total. The normalized spacial score (nSPS) is 18.6. The van der Waals surface area contributed by atoms with Gasteiger partial charge < -0.3 is 19.8 Å². The molecule has 0 aromatic carbocycles. The molecule has 0 aliphatic heterocycles. The SMILES string of the molecule is C1=C\CC/C=C\CC/1.C1=C\CC/C=C\CC/1.CCCCC(CC)C(=O)[O-].CCCC[C@H](CC)C(=O)[O-].[Ir].[Ir]. The maximum atomic E-state index is 10.3. The van der Waals surface area contributed by atoms with Crippen LogP contribution in [0.4, 0.5) is 0 Å². The van der Waals surface area contributed by atoms with E-state index in [0.29, 0.717) is 12.8 Å². The Balaban J connectivity index is -0.000000200. The van der Waals surface area contributed by atoms with Crippen LogP contribution in [0.1, 0.15) is 130 Å². The first-order chi connectivity index (χ1) is 17.4. The quantitative estimate of drug-likeness (QED) is 0.217. The molecule has 0 aromatic heterocycles. The van der Waals surface area contributed by atoms with E-state index < -0.39 is 11.9 Å².